The Bertz CT molecular complexity index is 813. The highest BCUT2D eigenvalue weighted by atomic mass is 19.1. The van der Waals surface area contributed by atoms with E-state index >= 15 is 0 Å². The maximum atomic E-state index is 14.0. The molecule has 1 heterocycles. The lowest BCUT2D eigenvalue weighted by molar-refractivity contribution is 0.100. The first kappa shape index (κ1) is 18.7. The molecule has 1 saturated heterocycles. The molecule has 0 bridgehead atoms. The number of para-hydroxylation sites is 1. The van der Waals surface area contributed by atoms with Crippen LogP contribution >= 0.6 is 0 Å². The number of hydrogen-bond acceptors (Lipinski definition) is 3. The fourth-order valence-corrected chi connectivity index (χ4v) is 3.17. The number of carbonyl (C=O) groups excluding carboxylic acids is 1. The summed E-state index contributed by atoms with van der Waals surface area (Å²) in [6, 6.07) is 14.0. The van der Waals surface area contributed by atoms with Gasteiger partial charge in [0.2, 0.25) is 5.91 Å². The van der Waals surface area contributed by atoms with Crippen LogP contribution in [0.3, 0.4) is 0 Å². The maximum absolute atomic E-state index is 14.0. The molecule has 1 amide bonds. The lowest BCUT2D eigenvalue weighted by Crippen LogP contribution is -2.52. The first-order chi connectivity index (χ1) is 13.1. The number of hydrogen-bond donors (Lipinski definition) is 2. The first-order valence-electron chi connectivity index (χ1n) is 8.92. The Kier molecular flexibility index (Phi) is 5.90. The third-order valence-electron chi connectivity index (χ3n) is 4.67. The summed E-state index contributed by atoms with van der Waals surface area (Å²) in [6.07, 6.45) is 0. The maximum Gasteiger partial charge on any atom is 0.248 e. The molecule has 3 rings (SSSR count). The van der Waals surface area contributed by atoms with Gasteiger partial charge in [0.05, 0.1) is 5.69 Å². The van der Waals surface area contributed by atoms with Crippen molar-refractivity contribution in [3.8, 4) is 0 Å². The van der Waals surface area contributed by atoms with Crippen LogP contribution in [0.15, 0.2) is 53.5 Å². The number of rotatable bonds is 4. The van der Waals surface area contributed by atoms with Crippen LogP contribution in [0.5, 0.6) is 0 Å². The lowest BCUT2D eigenvalue weighted by Gasteiger charge is -2.37. The quantitative estimate of drug-likeness (QED) is 0.637. The van der Waals surface area contributed by atoms with Crippen molar-refractivity contribution >= 4 is 17.6 Å². The molecular formula is C20H24FN5O. The van der Waals surface area contributed by atoms with Gasteiger partial charge >= 0.3 is 0 Å². The molecule has 142 valence electrons. The Labute approximate surface area is 158 Å². The summed E-state index contributed by atoms with van der Waals surface area (Å²) in [5.41, 5.74) is 7.43. The molecule has 2 aromatic rings. The van der Waals surface area contributed by atoms with Crippen molar-refractivity contribution in [1.29, 1.82) is 0 Å². The molecule has 6 nitrogen and oxygen atoms in total. The van der Waals surface area contributed by atoms with Gasteiger partial charge in [-0.25, -0.2) is 4.39 Å². The minimum absolute atomic E-state index is 0.187. The fourth-order valence-electron chi connectivity index (χ4n) is 3.17. The van der Waals surface area contributed by atoms with Crippen molar-refractivity contribution in [2.75, 3.05) is 38.1 Å². The third kappa shape index (κ3) is 4.55. The summed E-state index contributed by atoms with van der Waals surface area (Å²) in [5.74, 6) is 0.188. The van der Waals surface area contributed by atoms with Crippen molar-refractivity contribution in [2.45, 2.75) is 6.54 Å². The van der Waals surface area contributed by atoms with Gasteiger partial charge in [0.25, 0.3) is 0 Å². The van der Waals surface area contributed by atoms with Crippen molar-refractivity contribution in [2.24, 2.45) is 10.7 Å². The van der Waals surface area contributed by atoms with Crippen LogP contribution in [0.2, 0.25) is 0 Å². The molecule has 1 aliphatic rings. The van der Waals surface area contributed by atoms with Crippen molar-refractivity contribution in [1.82, 2.24) is 10.2 Å². The number of aliphatic imine (C=N–C) groups is 1. The monoisotopic (exact) mass is 369 g/mol. The Morgan fingerprint density at radius 3 is 2.37 bits per heavy atom. The highest BCUT2D eigenvalue weighted by Gasteiger charge is 2.21. The van der Waals surface area contributed by atoms with Gasteiger partial charge in [0.15, 0.2) is 5.96 Å². The second-order valence-electron chi connectivity index (χ2n) is 6.39. The molecule has 0 radical (unpaired) electrons. The number of carbonyl (C=O) groups is 1. The van der Waals surface area contributed by atoms with Crippen LogP contribution in [0.25, 0.3) is 0 Å². The normalized spacial score (nSPS) is 15.0. The number of nitrogens with two attached hydrogens (primary N) is 1. The zero-order valence-electron chi connectivity index (χ0n) is 15.4. The molecule has 1 aliphatic heterocycles. The number of benzene rings is 2. The van der Waals surface area contributed by atoms with Crippen LogP contribution in [-0.4, -0.2) is 50.0 Å². The Morgan fingerprint density at radius 2 is 1.78 bits per heavy atom. The molecule has 3 N–H and O–H groups in total. The average molecular weight is 369 g/mol. The average Bonchev–Trinajstić information content (AvgIpc) is 2.70. The Morgan fingerprint density at radius 1 is 1.11 bits per heavy atom. The standard InChI is InChI=1S/C20H24FN5O/c1-23-20(24-14-15-6-8-16(9-7-15)19(22)27)26-12-10-25(11-13-26)18-5-3-2-4-17(18)21/h2-9H,10-14H2,1H3,(H2,22,27)(H,23,24). The highest BCUT2D eigenvalue weighted by Crippen LogP contribution is 2.20. The molecule has 2 aromatic carbocycles. The van der Waals surface area contributed by atoms with E-state index in [4.69, 9.17) is 5.73 Å². The summed E-state index contributed by atoms with van der Waals surface area (Å²) in [7, 11) is 1.75. The molecular weight excluding hydrogens is 345 g/mol. The van der Waals surface area contributed by atoms with Gasteiger partial charge in [-0.3, -0.25) is 9.79 Å². The van der Waals surface area contributed by atoms with E-state index in [1.165, 1.54) is 6.07 Å². The van der Waals surface area contributed by atoms with Crippen molar-refractivity contribution in [3.63, 3.8) is 0 Å². The van der Waals surface area contributed by atoms with Crippen LogP contribution < -0.4 is 16.0 Å². The number of anilines is 1. The van der Waals surface area contributed by atoms with Crippen molar-refractivity contribution in [3.05, 3.63) is 65.5 Å². The van der Waals surface area contributed by atoms with Gasteiger partial charge in [-0.05, 0) is 29.8 Å². The second kappa shape index (κ2) is 8.53. The minimum Gasteiger partial charge on any atom is -0.366 e. The predicted octanol–water partition coefficient (Wildman–Crippen LogP) is 1.82. The van der Waals surface area contributed by atoms with Gasteiger partial charge in [-0.2, -0.15) is 0 Å². The number of primary amides is 1. The van der Waals surface area contributed by atoms with E-state index in [1.54, 1.807) is 25.2 Å². The van der Waals surface area contributed by atoms with Crippen LogP contribution in [0.1, 0.15) is 15.9 Å². The number of nitrogens with one attached hydrogen (secondary N) is 1. The minimum atomic E-state index is -0.432. The molecule has 1 fully saturated rings. The van der Waals surface area contributed by atoms with E-state index in [0.717, 1.165) is 37.7 Å². The summed E-state index contributed by atoms with van der Waals surface area (Å²) in [5, 5.41) is 3.34. The van der Waals surface area contributed by atoms with Gasteiger partial charge in [0, 0.05) is 45.3 Å². The zero-order chi connectivity index (χ0) is 19.2. The van der Waals surface area contributed by atoms with Gasteiger partial charge in [-0.15, -0.1) is 0 Å². The van der Waals surface area contributed by atoms with Crippen LogP contribution in [0.4, 0.5) is 10.1 Å². The van der Waals surface area contributed by atoms with E-state index in [1.807, 2.05) is 24.3 Å². The molecule has 0 atom stereocenters. The molecule has 0 aliphatic carbocycles. The lowest BCUT2D eigenvalue weighted by atomic mass is 10.1. The molecule has 7 heteroatoms. The Balaban J connectivity index is 1.55. The fraction of sp³-hybridized carbons (Fsp3) is 0.300. The van der Waals surface area contributed by atoms with E-state index in [0.29, 0.717) is 17.8 Å². The predicted molar refractivity (Wildman–Crippen MR) is 105 cm³/mol. The number of nitrogens with zero attached hydrogens (tertiary/aromatic N) is 3. The van der Waals surface area contributed by atoms with Gasteiger partial charge in [-0.1, -0.05) is 24.3 Å². The molecule has 0 unspecified atom stereocenters. The largest absolute Gasteiger partial charge is 0.366 e. The van der Waals surface area contributed by atoms with E-state index in [2.05, 4.69) is 20.1 Å². The number of guanidine groups is 1. The zero-order valence-corrected chi connectivity index (χ0v) is 15.4. The summed E-state index contributed by atoms with van der Waals surface area (Å²) >= 11 is 0. The van der Waals surface area contributed by atoms with Crippen LogP contribution in [-0.2, 0) is 6.54 Å². The SMILES string of the molecule is CN=C(NCc1ccc(C(N)=O)cc1)N1CCN(c2ccccc2F)CC1. The van der Waals surface area contributed by atoms with Crippen molar-refractivity contribution < 1.29 is 9.18 Å². The second-order valence-corrected chi connectivity index (χ2v) is 6.39. The van der Waals surface area contributed by atoms with E-state index in [9.17, 15) is 9.18 Å². The summed E-state index contributed by atoms with van der Waals surface area (Å²) in [4.78, 5) is 19.7. The smallest absolute Gasteiger partial charge is 0.248 e. The summed E-state index contributed by atoms with van der Waals surface area (Å²) < 4.78 is 14.0. The topological polar surface area (TPSA) is 74.0 Å². The highest BCUT2D eigenvalue weighted by molar-refractivity contribution is 5.92. The van der Waals surface area contributed by atoms with E-state index < -0.39 is 5.91 Å². The molecule has 0 saturated carbocycles. The number of halogens is 1. The first-order valence-corrected chi connectivity index (χ1v) is 8.92. The molecule has 27 heavy (non-hydrogen) atoms. The third-order valence-corrected chi connectivity index (χ3v) is 4.67. The molecule has 0 aromatic heterocycles. The molecule has 0 spiro atoms. The number of amides is 1. The van der Waals surface area contributed by atoms with E-state index in [-0.39, 0.29) is 5.82 Å². The van der Waals surface area contributed by atoms with Gasteiger partial charge in [0.1, 0.15) is 5.82 Å². The van der Waals surface area contributed by atoms with Gasteiger partial charge < -0.3 is 20.9 Å². The number of piperazine rings is 1. The summed E-state index contributed by atoms with van der Waals surface area (Å²) in [6.45, 7) is 3.58. The Hall–Kier alpha value is -3.09. The van der Waals surface area contributed by atoms with Crippen LogP contribution in [0, 0.1) is 5.82 Å².